The van der Waals surface area contributed by atoms with Crippen LogP contribution in [0.15, 0.2) is 36.5 Å². The van der Waals surface area contributed by atoms with Gasteiger partial charge in [-0.25, -0.2) is 0 Å². The number of halogens is 1. The number of pyridine rings is 1. The molecule has 3 nitrogen and oxygen atoms in total. The van der Waals surface area contributed by atoms with E-state index in [1.165, 1.54) is 5.56 Å². The van der Waals surface area contributed by atoms with E-state index >= 15 is 0 Å². The van der Waals surface area contributed by atoms with Crippen LogP contribution in [0.2, 0.25) is 5.02 Å². The van der Waals surface area contributed by atoms with E-state index in [4.69, 9.17) is 16.9 Å². The minimum absolute atomic E-state index is 0.212. The first-order valence-corrected chi connectivity index (χ1v) is 7.05. The van der Waals surface area contributed by atoms with Crippen LogP contribution in [-0.2, 0) is 6.42 Å². The molecule has 0 saturated carbocycles. The van der Waals surface area contributed by atoms with Gasteiger partial charge < -0.3 is 5.32 Å². The normalized spacial score (nSPS) is 17.1. The van der Waals surface area contributed by atoms with Crippen LogP contribution in [-0.4, -0.2) is 4.98 Å². The molecule has 2 aromatic rings. The van der Waals surface area contributed by atoms with Gasteiger partial charge in [-0.05, 0) is 49.1 Å². The average molecular weight is 284 g/mol. The highest BCUT2D eigenvalue weighted by Gasteiger charge is 2.21. The van der Waals surface area contributed by atoms with E-state index in [0.29, 0.717) is 10.6 Å². The average Bonchev–Trinajstić information content (AvgIpc) is 2.48. The van der Waals surface area contributed by atoms with Gasteiger partial charge in [0.2, 0.25) is 0 Å². The Hall–Kier alpha value is -2.05. The van der Waals surface area contributed by atoms with E-state index < -0.39 is 0 Å². The molecule has 1 aromatic carbocycles. The first kappa shape index (κ1) is 13.0. The zero-order chi connectivity index (χ0) is 13.9. The van der Waals surface area contributed by atoms with E-state index in [2.05, 4.69) is 22.4 Å². The van der Waals surface area contributed by atoms with Gasteiger partial charge in [0.05, 0.1) is 22.3 Å². The molecule has 0 aliphatic heterocycles. The number of aryl methyl sites for hydroxylation is 1. The molecule has 0 fully saturated rings. The van der Waals surface area contributed by atoms with Crippen LogP contribution < -0.4 is 5.32 Å². The molecule has 4 heteroatoms. The third-order valence-electron chi connectivity index (χ3n) is 3.63. The predicted molar refractivity (Wildman–Crippen MR) is 79.7 cm³/mol. The Morgan fingerprint density at radius 2 is 2.25 bits per heavy atom. The largest absolute Gasteiger partial charge is 0.377 e. The van der Waals surface area contributed by atoms with Crippen molar-refractivity contribution in [2.45, 2.75) is 25.3 Å². The fraction of sp³-hybridized carbons (Fsp3) is 0.250. The van der Waals surface area contributed by atoms with Gasteiger partial charge in [-0.3, -0.25) is 4.98 Å². The van der Waals surface area contributed by atoms with Gasteiger partial charge >= 0.3 is 0 Å². The zero-order valence-electron chi connectivity index (χ0n) is 10.9. The first-order valence-electron chi connectivity index (χ1n) is 6.68. The highest BCUT2D eigenvalue weighted by Crippen LogP contribution is 2.31. The lowest BCUT2D eigenvalue weighted by atomic mass is 9.92. The van der Waals surface area contributed by atoms with E-state index in [1.54, 1.807) is 12.1 Å². The molecule has 20 heavy (non-hydrogen) atoms. The second-order valence-electron chi connectivity index (χ2n) is 4.94. The Balaban J connectivity index is 1.86. The van der Waals surface area contributed by atoms with Crippen LogP contribution in [0.3, 0.4) is 0 Å². The van der Waals surface area contributed by atoms with E-state index in [-0.39, 0.29) is 6.04 Å². The molecule has 1 heterocycles. The van der Waals surface area contributed by atoms with Crippen molar-refractivity contribution in [3.63, 3.8) is 0 Å². The quantitative estimate of drug-likeness (QED) is 0.903. The maximum Gasteiger partial charge on any atom is 0.101 e. The highest BCUT2D eigenvalue weighted by molar-refractivity contribution is 6.32. The lowest BCUT2D eigenvalue weighted by Crippen LogP contribution is -2.18. The number of nitriles is 1. The number of anilines is 1. The third kappa shape index (κ3) is 2.48. The fourth-order valence-corrected chi connectivity index (χ4v) is 2.87. The van der Waals surface area contributed by atoms with Gasteiger partial charge in [-0.2, -0.15) is 5.26 Å². The molecule has 100 valence electrons. The lowest BCUT2D eigenvalue weighted by Gasteiger charge is -2.26. The van der Waals surface area contributed by atoms with Crippen LogP contribution in [0.1, 0.15) is 35.7 Å². The molecule has 1 aliphatic carbocycles. The summed E-state index contributed by atoms with van der Waals surface area (Å²) in [6.07, 6.45) is 5.14. The summed E-state index contributed by atoms with van der Waals surface area (Å²) in [4.78, 5) is 4.51. The van der Waals surface area contributed by atoms with Gasteiger partial charge in [0.1, 0.15) is 6.07 Å². The van der Waals surface area contributed by atoms with Crippen LogP contribution in [0.4, 0.5) is 5.69 Å². The maximum atomic E-state index is 8.90. The molecular weight excluding hydrogens is 270 g/mol. The number of benzene rings is 1. The van der Waals surface area contributed by atoms with Crippen molar-refractivity contribution in [1.29, 1.82) is 5.26 Å². The molecule has 1 atom stereocenters. The Labute approximate surface area is 123 Å². The number of hydrogen-bond acceptors (Lipinski definition) is 3. The standard InChI is InChI=1S/C16H14ClN3/c17-14-9-13(7-6-12(14)10-18)20-15-5-1-3-11-4-2-8-19-16(11)15/h2,4,6-9,15,20H,1,3,5H2. The van der Waals surface area contributed by atoms with Crippen LogP contribution in [0.25, 0.3) is 0 Å². The Bertz CT molecular complexity index is 676. The van der Waals surface area contributed by atoms with Crippen molar-refractivity contribution in [3.05, 3.63) is 58.4 Å². The Morgan fingerprint density at radius 3 is 3.05 bits per heavy atom. The van der Waals surface area contributed by atoms with Crippen LogP contribution in [0, 0.1) is 11.3 Å². The summed E-state index contributed by atoms with van der Waals surface area (Å²) in [5.41, 5.74) is 3.87. The SMILES string of the molecule is N#Cc1ccc(NC2CCCc3cccnc32)cc1Cl. The van der Waals surface area contributed by atoms with E-state index in [0.717, 1.165) is 30.6 Å². The smallest absolute Gasteiger partial charge is 0.101 e. The summed E-state index contributed by atoms with van der Waals surface area (Å²) in [7, 11) is 0. The van der Waals surface area contributed by atoms with Crippen molar-refractivity contribution < 1.29 is 0 Å². The van der Waals surface area contributed by atoms with Gasteiger partial charge in [-0.1, -0.05) is 17.7 Å². The molecule has 1 aromatic heterocycles. The summed E-state index contributed by atoms with van der Waals surface area (Å²) in [6.45, 7) is 0. The second kappa shape index (κ2) is 5.52. The van der Waals surface area contributed by atoms with Crippen LogP contribution >= 0.6 is 11.6 Å². The van der Waals surface area contributed by atoms with Crippen LogP contribution in [0.5, 0.6) is 0 Å². The number of hydrogen-bond donors (Lipinski definition) is 1. The zero-order valence-corrected chi connectivity index (χ0v) is 11.7. The minimum Gasteiger partial charge on any atom is -0.377 e. The van der Waals surface area contributed by atoms with Crippen molar-refractivity contribution in [2.75, 3.05) is 5.32 Å². The first-order chi connectivity index (χ1) is 9.78. The minimum atomic E-state index is 0.212. The molecule has 3 rings (SSSR count). The Morgan fingerprint density at radius 1 is 1.35 bits per heavy atom. The summed E-state index contributed by atoms with van der Waals surface area (Å²) in [5, 5.41) is 12.8. The fourth-order valence-electron chi connectivity index (χ4n) is 2.65. The van der Waals surface area contributed by atoms with Gasteiger partial charge in [0.15, 0.2) is 0 Å². The molecule has 1 unspecified atom stereocenters. The molecule has 0 radical (unpaired) electrons. The Kier molecular flexibility index (Phi) is 3.58. The molecule has 0 spiro atoms. The summed E-state index contributed by atoms with van der Waals surface area (Å²) in [6, 6.07) is 11.8. The molecule has 0 amide bonds. The molecule has 0 bridgehead atoms. The van der Waals surface area contributed by atoms with E-state index in [1.807, 2.05) is 18.3 Å². The molecule has 0 saturated heterocycles. The number of nitrogens with zero attached hydrogens (tertiary/aromatic N) is 2. The third-order valence-corrected chi connectivity index (χ3v) is 3.94. The maximum absolute atomic E-state index is 8.90. The van der Waals surface area contributed by atoms with Crippen molar-refractivity contribution in [1.82, 2.24) is 4.98 Å². The topological polar surface area (TPSA) is 48.7 Å². The number of nitrogens with one attached hydrogen (secondary N) is 1. The van der Waals surface area contributed by atoms with Crippen molar-refractivity contribution in [3.8, 4) is 6.07 Å². The lowest BCUT2D eigenvalue weighted by molar-refractivity contribution is 0.583. The van der Waals surface area contributed by atoms with Gasteiger partial charge in [-0.15, -0.1) is 0 Å². The summed E-state index contributed by atoms with van der Waals surface area (Å²) in [5.74, 6) is 0. The molecule has 1 aliphatic rings. The monoisotopic (exact) mass is 283 g/mol. The van der Waals surface area contributed by atoms with Crippen molar-refractivity contribution in [2.24, 2.45) is 0 Å². The summed E-state index contributed by atoms with van der Waals surface area (Å²) >= 11 is 6.07. The highest BCUT2D eigenvalue weighted by atomic mass is 35.5. The molecular formula is C16H14ClN3. The summed E-state index contributed by atoms with van der Waals surface area (Å²) < 4.78 is 0. The van der Waals surface area contributed by atoms with Crippen molar-refractivity contribution >= 4 is 17.3 Å². The van der Waals surface area contributed by atoms with Gasteiger partial charge in [0, 0.05) is 11.9 Å². The second-order valence-corrected chi connectivity index (χ2v) is 5.35. The number of rotatable bonds is 2. The van der Waals surface area contributed by atoms with Gasteiger partial charge in [0.25, 0.3) is 0 Å². The number of aromatic nitrogens is 1. The predicted octanol–water partition coefficient (Wildman–Crippen LogP) is 4.10. The molecule has 1 N–H and O–H groups in total. The van der Waals surface area contributed by atoms with E-state index in [9.17, 15) is 0 Å². The number of fused-ring (bicyclic) bond motifs is 1.